The molecule has 4 aromatic rings. The number of hydrogen-bond donors (Lipinski definition) is 1. The molecule has 0 aliphatic carbocycles. The Morgan fingerprint density at radius 3 is 1.68 bits per heavy atom. The van der Waals surface area contributed by atoms with Gasteiger partial charge in [-0.05, 0) is 71.8 Å². The second-order valence-corrected chi connectivity index (χ2v) is 9.27. The van der Waals surface area contributed by atoms with Gasteiger partial charge in [-0.1, -0.05) is 42.5 Å². The van der Waals surface area contributed by atoms with Crippen LogP contribution in [0, 0.1) is 11.3 Å². The minimum Gasteiger partial charge on any atom is -0.477 e. The predicted octanol–water partition coefficient (Wildman–Crippen LogP) is 6.95. The summed E-state index contributed by atoms with van der Waals surface area (Å²) in [4.78, 5) is 17.6. The molecule has 0 aliphatic heterocycles. The monoisotopic (exact) mass is 502 g/mol. The van der Waals surface area contributed by atoms with Crippen molar-refractivity contribution < 1.29 is 9.90 Å². The summed E-state index contributed by atoms with van der Waals surface area (Å²) in [6.07, 6.45) is 1.38. The molecule has 0 saturated heterocycles. The van der Waals surface area contributed by atoms with Gasteiger partial charge in [0, 0.05) is 56.5 Å². The number of benzene rings is 4. The van der Waals surface area contributed by atoms with Crippen LogP contribution >= 0.6 is 0 Å². The van der Waals surface area contributed by atoms with Crippen molar-refractivity contribution in [3.63, 3.8) is 0 Å². The van der Waals surface area contributed by atoms with E-state index in [0.29, 0.717) is 5.56 Å². The second kappa shape index (κ2) is 11.4. The Labute approximate surface area is 223 Å². The molecule has 0 fully saturated rings. The molecule has 0 atom stereocenters. The molecule has 6 heteroatoms. The van der Waals surface area contributed by atoms with Gasteiger partial charge in [0.15, 0.2) is 0 Å². The summed E-state index contributed by atoms with van der Waals surface area (Å²) in [5.74, 6) is -1.24. The summed E-state index contributed by atoms with van der Waals surface area (Å²) in [7, 11) is 8.07. The first-order chi connectivity index (χ1) is 18.3. The fourth-order valence-electron chi connectivity index (χ4n) is 4.21. The van der Waals surface area contributed by atoms with E-state index < -0.39 is 5.97 Å². The molecule has 0 saturated carbocycles. The third-order valence-electron chi connectivity index (χ3n) is 6.28. The lowest BCUT2D eigenvalue weighted by molar-refractivity contribution is -0.132. The average molecular weight is 503 g/mol. The van der Waals surface area contributed by atoms with Crippen molar-refractivity contribution in [1.29, 1.82) is 5.26 Å². The van der Waals surface area contributed by atoms with E-state index in [1.165, 1.54) is 6.08 Å². The Kier molecular flexibility index (Phi) is 7.79. The standard InChI is InChI=1S/C32H30N4O2/c1-34(2)26-15-11-24(12-16-26)30-7-5-6-8-31(30)36(29-19-17-27(18-20-29)35(3)4)28-13-9-23(10-14-28)21-25(22-33)32(37)38/h5-21H,1-4H3,(H,37,38)/b25-21+. The number of nitriles is 1. The van der Waals surface area contributed by atoms with Crippen LogP contribution in [0.4, 0.5) is 28.4 Å². The van der Waals surface area contributed by atoms with Crippen molar-refractivity contribution >= 4 is 40.5 Å². The van der Waals surface area contributed by atoms with Gasteiger partial charge in [0.25, 0.3) is 0 Å². The topological polar surface area (TPSA) is 70.8 Å². The highest BCUT2D eigenvalue weighted by Gasteiger charge is 2.17. The molecule has 4 aromatic carbocycles. The van der Waals surface area contributed by atoms with Gasteiger partial charge in [0.2, 0.25) is 0 Å². The quantitative estimate of drug-likeness (QED) is 0.208. The molecule has 0 heterocycles. The molecule has 1 N–H and O–H groups in total. The number of aliphatic carboxylic acids is 1. The number of hydrogen-bond acceptors (Lipinski definition) is 5. The first kappa shape index (κ1) is 26.1. The molecule has 4 rings (SSSR count). The number of para-hydroxylation sites is 1. The van der Waals surface area contributed by atoms with Crippen LogP contribution in [0.3, 0.4) is 0 Å². The molecule has 38 heavy (non-hydrogen) atoms. The zero-order chi connectivity index (χ0) is 27.2. The summed E-state index contributed by atoms with van der Waals surface area (Å²) in [6, 6.07) is 34.4. The van der Waals surface area contributed by atoms with Crippen LogP contribution in [-0.4, -0.2) is 39.3 Å². The van der Waals surface area contributed by atoms with Crippen LogP contribution < -0.4 is 14.7 Å². The highest BCUT2D eigenvalue weighted by molar-refractivity contribution is 5.96. The third-order valence-corrected chi connectivity index (χ3v) is 6.28. The normalized spacial score (nSPS) is 11.0. The van der Waals surface area contributed by atoms with Gasteiger partial charge in [-0.3, -0.25) is 0 Å². The lowest BCUT2D eigenvalue weighted by atomic mass is 10.0. The predicted molar refractivity (Wildman–Crippen MR) is 156 cm³/mol. The van der Waals surface area contributed by atoms with E-state index >= 15 is 0 Å². The van der Waals surface area contributed by atoms with E-state index in [-0.39, 0.29) is 5.57 Å². The van der Waals surface area contributed by atoms with E-state index in [9.17, 15) is 9.90 Å². The molecular weight excluding hydrogens is 472 g/mol. The number of rotatable bonds is 8. The number of carboxylic acids is 1. The largest absolute Gasteiger partial charge is 0.477 e. The summed E-state index contributed by atoms with van der Waals surface area (Å²) >= 11 is 0. The van der Waals surface area contributed by atoms with E-state index in [0.717, 1.165) is 39.6 Å². The molecule has 190 valence electrons. The summed E-state index contributed by atoms with van der Waals surface area (Å²) in [6.45, 7) is 0. The molecule has 0 radical (unpaired) electrons. The summed E-state index contributed by atoms with van der Waals surface area (Å²) in [5.41, 5.74) is 7.64. The lowest BCUT2D eigenvalue weighted by Gasteiger charge is -2.28. The van der Waals surface area contributed by atoms with Crippen LogP contribution in [0.15, 0.2) is 103 Å². The number of anilines is 5. The maximum atomic E-state index is 11.3. The van der Waals surface area contributed by atoms with Crippen molar-refractivity contribution in [1.82, 2.24) is 0 Å². The van der Waals surface area contributed by atoms with Gasteiger partial charge in [-0.15, -0.1) is 0 Å². The molecule has 0 spiro atoms. The van der Waals surface area contributed by atoms with Crippen LogP contribution in [0.25, 0.3) is 17.2 Å². The molecule has 0 unspecified atom stereocenters. The highest BCUT2D eigenvalue weighted by Crippen LogP contribution is 2.41. The van der Waals surface area contributed by atoms with Crippen molar-refractivity contribution in [2.24, 2.45) is 0 Å². The maximum Gasteiger partial charge on any atom is 0.346 e. The molecular formula is C32H30N4O2. The van der Waals surface area contributed by atoms with Crippen LogP contribution in [-0.2, 0) is 4.79 Å². The van der Waals surface area contributed by atoms with Crippen molar-refractivity contribution in [2.75, 3.05) is 42.9 Å². The van der Waals surface area contributed by atoms with Gasteiger partial charge < -0.3 is 19.8 Å². The zero-order valence-corrected chi connectivity index (χ0v) is 22.0. The molecule has 0 aliphatic rings. The fraction of sp³-hybridized carbons (Fsp3) is 0.125. The van der Waals surface area contributed by atoms with E-state index in [2.05, 4.69) is 75.4 Å². The van der Waals surface area contributed by atoms with E-state index in [1.807, 2.05) is 64.6 Å². The first-order valence-electron chi connectivity index (χ1n) is 12.2. The third kappa shape index (κ3) is 5.69. The number of carbonyl (C=O) groups is 1. The van der Waals surface area contributed by atoms with Crippen molar-refractivity contribution in [3.05, 3.63) is 108 Å². The van der Waals surface area contributed by atoms with E-state index in [4.69, 9.17) is 5.26 Å². The van der Waals surface area contributed by atoms with E-state index in [1.54, 1.807) is 6.07 Å². The SMILES string of the molecule is CN(C)c1ccc(-c2ccccc2N(c2ccc(/C=C(\C#N)C(=O)O)cc2)c2ccc(N(C)C)cc2)cc1. The molecule has 0 aromatic heterocycles. The first-order valence-corrected chi connectivity index (χ1v) is 12.2. The number of nitrogens with zero attached hydrogens (tertiary/aromatic N) is 4. The van der Waals surface area contributed by atoms with Gasteiger partial charge in [0.05, 0.1) is 5.69 Å². The average Bonchev–Trinajstić information content (AvgIpc) is 2.93. The van der Waals surface area contributed by atoms with Gasteiger partial charge in [-0.2, -0.15) is 5.26 Å². The van der Waals surface area contributed by atoms with Crippen molar-refractivity contribution in [3.8, 4) is 17.2 Å². The zero-order valence-electron chi connectivity index (χ0n) is 22.0. The maximum absolute atomic E-state index is 11.3. The Balaban J connectivity index is 1.84. The smallest absolute Gasteiger partial charge is 0.346 e. The highest BCUT2D eigenvalue weighted by atomic mass is 16.4. The summed E-state index contributed by atoms with van der Waals surface area (Å²) < 4.78 is 0. The molecule has 0 amide bonds. The van der Waals surface area contributed by atoms with Crippen LogP contribution in [0.5, 0.6) is 0 Å². The lowest BCUT2D eigenvalue weighted by Crippen LogP contribution is -2.12. The molecule has 0 bridgehead atoms. The summed E-state index contributed by atoms with van der Waals surface area (Å²) in [5, 5.41) is 18.3. The Morgan fingerprint density at radius 1 is 0.711 bits per heavy atom. The fourth-order valence-corrected chi connectivity index (χ4v) is 4.21. The van der Waals surface area contributed by atoms with Crippen LogP contribution in [0.1, 0.15) is 5.56 Å². The Morgan fingerprint density at radius 2 is 1.18 bits per heavy atom. The minimum absolute atomic E-state index is 0.305. The second-order valence-electron chi connectivity index (χ2n) is 9.27. The van der Waals surface area contributed by atoms with Gasteiger partial charge >= 0.3 is 5.97 Å². The Bertz CT molecular complexity index is 1480. The van der Waals surface area contributed by atoms with Gasteiger partial charge in [-0.25, -0.2) is 4.79 Å². The van der Waals surface area contributed by atoms with Crippen molar-refractivity contribution in [2.45, 2.75) is 0 Å². The Hall–Kier alpha value is -5.02. The minimum atomic E-state index is -1.24. The molecule has 6 nitrogen and oxygen atoms in total. The number of carboxylic acid groups (broad SMARTS) is 1. The van der Waals surface area contributed by atoms with Crippen LogP contribution in [0.2, 0.25) is 0 Å². The van der Waals surface area contributed by atoms with Gasteiger partial charge in [0.1, 0.15) is 11.6 Å².